The molecule has 0 aromatic heterocycles. The van der Waals surface area contributed by atoms with Crippen LogP contribution in [0.2, 0.25) is 39.3 Å². The van der Waals surface area contributed by atoms with Crippen LogP contribution in [-0.2, 0) is 0 Å². The molecule has 0 unspecified atom stereocenters. The Morgan fingerprint density at radius 1 is 0.750 bits per heavy atom. The Bertz CT molecular complexity index is 104. The van der Waals surface area contributed by atoms with E-state index in [9.17, 15) is 0 Å². The van der Waals surface area contributed by atoms with Gasteiger partial charge >= 0.3 is 29.6 Å². The largest absolute Gasteiger partial charge is 1.00 e. The Morgan fingerprint density at radius 3 is 1.17 bits per heavy atom. The standard InChI is InChI=1S/C6H18NSi4.Na/c1-10(2,3)8-7-9-11(4,5)6;/h1-6H3;/q-1;+1. The number of hydrogen-bond donors (Lipinski definition) is 0. The van der Waals surface area contributed by atoms with E-state index >= 15 is 0 Å². The van der Waals surface area contributed by atoms with Crippen LogP contribution in [0.4, 0.5) is 0 Å². The Kier molecular flexibility index (Phi) is 8.59. The predicted octanol–water partition coefficient (Wildman–Crippen LogP) is -0.728. The van der Waals surface area contributed by atoms with E-state index in [0.717, 1.165) is 18.4 Å². The van der Waals surface area contributed by atoms with E-state index in [1.54, 1.807) is 0 Å². The van der Waals surface area contributed by atoms with Crippen molar-refractivity contribution >= 4 is 33.6 Å². The average Bonchev–Trinajstić information content (AvgIpc) is 1.55. The minimum atomic E-state index is -0.867. The van der Waals surface area contributed by atoms with Crippen LogP contribution in [0.5, 0.6) is 0 Å². The molecule has 4 radical (unpaired) electrons. The zero-order valence-electron chi connectivity index (χ0n) is 9.45. The fourth-order valence-corrected chi connectivity index (χ4v) is 11.3. The molecule has 0 bridgehead atoms. The zero-order chi connectivity index (χ0) is 9.12. The maximum absolute atomic E-state index is 4.69. The predicted molar refractivity (Wildman–Crippen MR) is 61.6 cm³/mol. The molecule has 0 aromatic carbocycles. The van der Waals surface area contributed by atoms with E-state index < -0.39 is 15.2 Å². The minimum absolute atomic E-state index is 0. The first kappa shape index (κ1) is 16.3. The zero-order valence-corrected chi connectivity index (χ0v) is 15.4. The maximum atomic E-state index is 4.69. The first-order chi connectivity index (χ1) is 4.71. The van der Waals surface area contributed by atoms with Gasteiger partial charge in [-0.2, -0.15) is 0 Å². The van der Waals surface area contributed by atoms with E-state index in [2.05, 4.69) is 39.3 Å². The van der Waals surface area contributed by atoms with E-state index in [4.69, 9.17) is 4.65 Å². The summed E-state index contributed by atoms with van der Waals surface area (Å²) >= 11 is 0. The van der Waals surface area contributed by atoms with E-state index in [1.165, 1.54) is 0 Å². The van der Waals surface area contributed by atoms with Gasteiger partial charge in [0.05, 0.1) is 0 Å². The molecule has 0 aliphatic rings. The van der Waals surface area contributed by atoms with Crippen LogP contribution < -0.4 is 29.6 Å². The van der Waals surface area contributed by atoms with Crippen LogP contribution in [0.25, 0.3) is 4.65 Å². The molecule has 0 heterocycles. The van der Waals surface area contributed by atoms with Crippen molar-refractivity contribution < 1.29 is 29.6 Å². The molecule has 0 spiro atoms. The van der Waals surface area contributed by atoms with Gasteiger partial charge in [0.1, 0.15) is 0 Å². The number of hydrogen-bond acceptors (Lipinski definition) is 0. The molecule has 0 atom stereocenters. The van der Waals surface area contributed by atoms with Crippen molar-refractivity contribution in [2.24, 2.45) is 0 Å². The topological polar surface area (TPSA) is 14.1 Å². The molecule has 0 aliphatic heterocycles. The second-order valence-electron chi connectivity index (χ2n) is 4.84. The van der Waals surface area contributed by atoms with E-state index in [0.29, 0.717) is 0 Å². The molecule has 6 heteroatoms. The Morgan fingerprint density at radius 2 is 1.00 bits per heavy atom. The van der Waals surface area contributed by atoms with Gasteiger partial charge in [0.15, 0.2) is 0 Å². The quantitative estimate of drug-likeness (QED) is 0.575. The van der Waals surface area contributed by atoms with Gasteiger partial charge in [-0.15, -0.1) is 18.4 Å². The summed E-state index contributed by atoms with van der Waals surface area (Å²) in [6, 6.07) is 0. The molecular formula is C6H18NNaSi4. The first-order valence-electron chi connectivity index (χ1n) is 3.95. The summed E-state index contributed by atoms with van der Waals surface area (Å²) in [5.41, 5.74) is 0. The SMILES string of the molecule is C[Si](C)(C)[Si][N-][Si][Si](C)(C)C.[Na+]. The van der Waals surface area contributed by atoms with Gasteiger partial charge in [-0.1, -0.05) is 39.3 Å². The molecule has 0 amide bonds. The summed E-state index contributed by atoms with van der Waals surface area (Å²) in [4.78, 5) is 0. The van der Waals surface area contributed by atoms with Crippen molar-refractivity contribution in [1.29, 1.82) is 0 Å². The van der Waals surface area contributed by atoms with Crippen LogP contribution in [0.15, 0.2) is 0 Å². The molecule has 0 N–H and O–H groups in total. The van der Waals surface area contributed by atoms with Crippen molar-refractivity contribution in [3.05, 3.63) is 4.65 Å². The van der Waals surface area contributed by atoms with Crippen LogP contribution in [0.1, 0.15) is 0 Å². The van der Waals surface area contributed by atoms with Crippen LogP contribution in [0, 0.1) is 0 Å². The molecule has 0 saturated heterocycles. The maximum Gasteiger partial charge on any atom is 1.00 e. The summed E-state index contributed by atoms with van der Waals surface area (Å²) in [5, 5.41) is 0. The molecule has 0 fully saturated rings. The molecule has 1 nitrogen and oxygen atoms in total. The molecule has 0 saturated carbocycles. The molecule has 0 aromatic rings. The third-order valence-corrected chi connectivity index (χ3v) is 9.06. The van der Waals surface area contributed by atoms with Gasteiger partial charge in [-0.05, 0) is 0 Å². The summed E-state index contributed by atoms with van der Waals surface area (Å²) in [5.74, 6) is 0. The summed E-state index contributed by atoms with van der Waals surface area (Å²) in [6.45, 7) is 14.4. The van der Waals surface area contributed by atoms with E-state index in [-0.39, 0.29) is 29.6 Å². The fourth-order valence-electron chi connectivity index (χ4n) is 0.363. The van der Waals surface area contributed by atoms with Crippen molar-refractivity contribution in [3.8, 4) is 0 Å². The van der Waals surface area contributed by atoms with Gasteiger partial charge in [-0.3, -0.25) is 0 Å². The summed E-state index contributed by atoms with van der Waals surface area (Å²) < 4.78 is 4.69. The molecule has 64 valence electrons. The second-order valence-corrected chi connectivity index (χ2v) is 25.5. The van der Waals surface area contributed by atoms with Gasteiger partial charge in [0.2, 0.25) is 0 Å². The van der Waals surface area contributed by atoms with Gasteiger partial charge in [-0.25, -0.2) is 0 Å². The Hall–Kier alpha value is 1.83. The fraction of sp³-hybridized carbons (Fsp3) is 1.00. The third-order valence-electron chi connectivity index (χ3n) is 0.783. The smallest absolute Gasteiger partial charge is 0.682 e. The monoisotopic (exact) mass is 239 g/mol. The summed E-state index contributed by atoms with van der Waals surface area (Å²) in [7, 11) is 0.119. The van der Waals surface area contributed by atoms with Crippen LogP contribution in [0.3, 0.4) is 0 Å². The Balaban J connectivity index is 0. The minimum Gasteiger partial charge on any atom is -0.682 e. The number of nitrogens with zero attached hydrogens (tertiary/aromatic N) is 1. The number of rotatable bonds is 4. The van der Waals surface area contributed by atoms with Gasteiger partial charge in [0, 0.05) is 15.2 Å². The Labute approximate surface area is 106 Å². The van der Waals surface area contributed by atoms with Gasteiger partial charge in [0.25, 0.3) is 0 Å². The average molecular weight is 240 g/mol. The van der Waals surface area contributed by atoms with E-state index in [1.807, 2.05) is 0 Å². The molecule has 0 aliphatic carbocycles. The van der Waals surface area contributed by atoms with Crippen molar-refractivity contribution in [3.63, 3.8) is 0 Å². The van der Waals surface area contributed by atoms with Gasteiger partial charge < -0.3 is 4.65 Å². The first-order valence-corrected chi connectivity index (χ1v) is 14.8. The van der Waals surface area contributed by atoms with Crippen molar-refractivity contribution in [2.75, 3.05) is 0 Å². The molecule has 0 rings (SSSR count). The van der Waals surface area contributed by atoms with Crippen LogP contribution in [-0.4, -0.2) is 33.6 Å². The molecular weight excluding hydrogens is 221 g/mol. The summed E-state index contributed by atoms with van der Waals surface area (Å²) in [6.07, 6.45) is 0. The molecule has 12 heavy (non-hydrogen) atoms. The third kappa shape index (κ3) is 14.4. The normalized spacial score (nSPS) is 12.5. The van der Waals surface area contributed by atoms with Crippen molar-refractivity contribution in [2.45, 2.75) is 39.3 Å². The van der Waals surface area contributed by atoms with Crippen molar-refractivity contribution in [1.82, 2.24) is 0 Å². The second kappa shape index (κ2) is 6.34. The van der Waals surface area contributed by atoms with Crippen LogP contribution >= 0.6 is 0 Å².